The van der Waals surface area contributed by atoms with E-state index in [4.69, 9.17) is 5.14 Å². The van der Waals surface area contributed by atoms with Gasteiger partial charge in [0.2, 0.25) is 10.0 Å². The Morgan fingerprint density at radius 1 is 1.13 bits per heavy atom. The molecule has 3 N–H and O–H groups in total. The average molecular weight is 455 g/mol. The van der Waals surface area contributed by atoms with E-state index in [1.165, 1.54) is 23.5 Å². The summed E-state index contributed by atoms with van der Waals surface area (Å²) in [5, 5.41) is 31.3. The van der Waals surface area contributed by atoms with Crippen LogP contribution in [0.5, 0.6) is 0 Å². The molecule has 7 nitrogen and oxygen atoms in total. The van der Waals surface area contributed by atoms with Crippen LogP contribution < -0.4 is 10.5 Å². The normalized spacial score (nSPS) is 17.2. The van der Waals surface area contributed by atoms with Crippen LogP contribution in [0.2, 0.25) is 0 Å². The maximum atomic E-state index is 13.3. The number of sulfonamides is 1. The van der Waals surface area contributed by atoms with Gasteiger partial charge in [0, 0.05) is 29.3 Å². The molecule has 0 amide bonds. The predicted molar refractivity (Wildman–Crippen MR) is 118 cm³/mol. The van der Waals surface area contributed by atoms with Crippen LogP contribution in [-0.2, 0) is 14.8 Å². The highest BCUT2D eigenvalue weighted by molar-refractivity contribution is 7.89. The summed E-state index contributed by atoms with van der Waals surface area (Å²) in [5.74, 6) is -1.79. The highest BCUT2D eigenvalue weighted by atomic mass is 32.2. The van der Waals surface area contributed by atoms with E-state index in [9.17, 15) is 23.7 Å². The summed E-state index contributed by atoms with van der Waals surface area (Å²) in [6.45, 7) is 3.97. The Morgan fingerprint density at radius 2 is 1.77 bits per heavy atom. The summed E-state index contributed by atoms with van der Waals surface area (Å²) in [6.07, 6.45) is 0.845. The Kier molecular flexibility index (Phi) is 6.33. The van der Waals surface area contributed by atoms with Crippen molar-refractivity contribution in [3.05, 3.63) is 57.9 Å². The number of nitrogens with two attached hydrogens (primary N) is 1. The lowest BCUT2D eigenvalue weighted by Crippen LogP contribution is -2.32. The van der Waals surface area contributed by atoms with Crippen molar-refractivity contribution in [2.24, 2.45) is 16.5 Å². The van der Waals surface area contributed by atoms with Crippen molar-refractivity contribution in [1.29, 1.82) is 10.5 Å². The summed E-state index contributed by atoms with van der Waals surface area (Å²) in [6, 6.07) is 11.8. The van der Waals surface area contributed by atoms with Crippen LogP contribution in [0.15, 0.2) is 57.3 Å². The van der Waals surface area contributed by atoms with Gasteiger partial charge in [0.1, 0.15) is 5.92 Å². The molecule has 160 valence electrons. The van der Waals surface area contributed by atoms with E-state index >= 15 is 0 Å². The van der Waals surface area contributed by atoms with Gasteiger partial charge >= 0.3 is 0 Å². The van der Waals surface area contributed by atoms with Crippen LogP contribution >= 0.6 is 11.3 Å². The molecule has 2 aromatic rings. The van der Waals surface area contributed by atoms with Crippen LogP contribution in [0.3, 0.4) is 0 Å². The first-order chi connectivity index (χ1) is 14.6. The molecular formula is C22H22N4O3S2. The van der Waals surface area contributed by atoms with Crippen molar-refractivity contribution in [3.63, 3.8) is 0 Å². The van der Waals surface area contributed by atoms with Gasteiger partial charge in [-0.1, -0.05) is 13.8 Å². The van der Waals surface area contributed by atoms with Crippen molar-refractivity contribution >= 4 is 32.8 Å². The molecule has 9 heteroatoms. The monoisotopic (exact) mass is 454 g/mol. The van der Waals surface area contributed by atoms with E-state index in [-0.39, 0.29) is 16.1 Å². The highest BCUT2D eigenvalue weighted by Crippen LogP contribution is 2.44. The van der Waals surface area contributed by atoms with Crippen molar-refractivity contribution < 1.29 is 13.2 Å². The molecule has 0 saturated carbocycles. The van der Waals surface area contributed by atoms with Gasteiger partial charge in [-0.25, -0.2) is 13.6 Å². The van der Waals surface area contributed by atoms with Crippen LogP contribution in [0.1, 0.15) is 38.2 Å². The number of benzene rings is 1. The second kappa shape index (κ2) is 8.64. The van der Waals surface area contributed by atoms with Crippen molar-refractivity contribution in [3.8, 4) is 12.1 Å². The first-order valence-corrected chi connectivity index (χ1v) is 12.0. The number of nitriles is 2. The second-order valence-corrected chi connectivity index (χ2v) is 10.6. The summed E-state index contributed by atoms with van der Waals surface area (Å²) in [5.41, 5.74) is 2.10. The van der Waals surface area contributed by atoms with Crippen molar-refractivity contribution in [2.75, 3.05) is 5.32 Å². The average Bonchev–Trinajstić information content (AvgIpc) is 3.20. The van der Waals surface area contributed by atoms with E-state index in [0.29, 0.717) is 29.8 Å². The molecule has 0 bridgehead atoms. The highest BCUT2D eigenvalue weighted by Gasteiger charge is 2.40. The smallest absolute Gasteiger partial charge is 0.238 e. The predicted octanol–water partition coefficient (Wildman–Crippen LogP) is 3.90. The molecule has 1 aromatic carbocycles. The Morgan fingerprint density at radius 3 is 2.29 bits per heavy atom. The van der Waals surface area contributed by atoms with E-state index in [1.54, 1.807) is 12.1 Å². The first kappa shape index (κ1) is 22.7. The Bertz CT molecular complexity index is 1180. The molecule has 0 radical (unpaired) electrons. The van der Waals surface area contributed by atoms with Crippen LogP contribution in [0.25, 0.3) is 0 Å². The number of nitrogens with zero attached hydrogens (tertiary/aromatic N) is 2. The number of primary sulfonamides is 1. The van der Waals surface area contributed by atoms with Crippen LogP contribution in [-0.4, -0.2) is 14.2 Å². The quantitative estimate of drug-likeness (QED) is 0.679. The minimum atomic E-state index is -3.82. The lowest BCUT2D eigenvalue weighted by atomic mass is 9.69. The number of thiophene rings is 1. The van der Waals surface area contributed by atoms with Gasteiger partial charge in [0.15, 0.2) is 5.78 Å². The number of hydrogen-bond acceptors (Lipinski definition) is 7. The number of Topliss-reactive ketones (excluding diaryl/α,β-unsaturated/α-hetero) is 1. The maximum Gasteiger partial charge on any atom is 0.238 e. The largest absolute Gasteiger partial charge is 0.359 e. The molecule has 1 heterocycles. The Labute approximate surface area is 185 Å². The van der Waals surface area contributed by atoms with Crippen molar-refractivity contribution in [2.45, 2.75) is 37.5 Å². The molecule has 1 aliphatic carbocycles. The molecule has 1 unspecified atom stereocenters. The molecule has 1 aromatic heterocycles. The van der Waals surface area contributed by atoms with Gasteiger partial charge in [-0.05, 0) is 58.5 Å². The van der Waals surface area contributed by atoms with Crippen LogP contribution in [0, 0.1) is 34.0 Å². The fourth-order valence-electron chi connectivity index (χ4n) is 3.86. The second-order valence-electron chi connectivity index (χ2n) is 8.30. The maximum absolute atomic E-state index is 13.3. The lowest BCUT2D eigenvalue weighted by Gasteiger charge is -2.35. The third-order valence-corrected chi connectivity index (χ3v) is 6.85. The molecule has 31 heavy (non-hydrogen) atoms. The Balaban J connectivity index is 2.13. The summed E-state index contributed by atoms with van der Waals surface area (Å²) in [7, 11) is -3.82. The topological polar surface area (TPSA) is 137 Å². The summed E-state index contributed by atoms with van der Waals surface area (Å²) < 4.78 is 23.0. The van der Waals surface area contributed by atoms with Gasteiger partial charge < -0.3 is 5.32 Å². The van der Waals surface area contributed by atoms with Gasteiger partial charge in [0.25, 0.3) is 0 Å². The fraction of sp³-hybridized carbons (Fsp3) is 0.318. The number of ketones is 1. The van der Waals surface area contributed by atoms with Crippen molar-refractivity contribution in [1.82, 2.24) is 0 Å². The van der Waals surface area contributed by atoms with E-state index in [2.05, 4.69) is 5.32 Å². The summed E-state index contributed by atoms with van der Waals surface area (Å²) >= 11 is 1.44. The fourth-order valence-corrected chi connectivity index (χ4v) is 5.08. The van der Waals surface area contributed by atoms with Gasteiger partial charge in [-0.2, -0.15) is 21.9 Å². The van der Waals surface area contributed by atoms with Crippen LogP contribution in [0.4, 0.5) is 5.69 Å². The number of rotatable bonds is 6. The van der Waals surface area contributed by atoms with E-state index in [0.717, 1.165) is 5.56 Å². The number of nitrogens with one attached hydrogen (secondary N) is 1. The Hall–Kier alpha value is -2.98. The zero-order valence-corrected chi connectivity index (χ0v) is 18.8. The van der Waals surface area contributed by atoms with E-state index < -0.39 is 21.9 Å². The molecule has 0 spiro atoms. The lowest BCUT2D eigenvalue weighted by molar-refractivity contribution is -0.118. The van der Waals surface area contributed by atoms with E-state index in [1.807, 2.05) is 42.8 Å². The molecule has 0 aliphatic heterocycles. The molecule has 1 aliphatic rings. The van der Waals surface area contributed by atoms with Gasteiger partial charge in [-0.3, -0.25) is 4.79 Å². The van der Waals surface area contributed by atoms with Gasteiger partial charge in [0.05, 0.1) is 17.0 Å². The molecular weight excluding hydrogens is 432 g/mol. The molecule has 0 saturated heterocycles. The molecule has 0 fully saturated rings. The number of hydrogen-bond donors (Lipinski definition) is 2. The molecule has 3 rings (SSSR count). The number of carbonyl (C=O) groups excluding carboxylic acids is 1. The zero-order valence-electron chi connectivity index (χ0n) is 17.1. The SMILES string of the molecule is CC1(C)CC(=O)C(C(c2ccsc2)C(C#N)C#N)=C(Nc2ccc(S(N)(=O)=O)cc2)C1. The first-order valence-electron chi connectivity index (χ1n) is 9.53. The molecule has 1 atom stereocenters. The minimum Gasteiger partial charge on any atom is -0.359 e. The number of allylic oxidation sites excluding steroid dienone is 2. The minimum absolute atomic E-state index is 0.0162. The van der Waals surface area contributed by atoms with Gasteiger partial charge in [-0.15, -0.1) is 0 Å². The number of carbonyl (C=O) groups is 1. The standard InChI is InChI=1S/C22H22N4O3S2/c1-22(2)9-18(26-16-3-5-17(6-4-16)31(25,28)29)21(19(27)10-22)20(15(11-23)12-24)14-7-8-30-13-14/h3-8,13,15,20,26H,9-10H2,1-2H3,(H2,25,28,29). The zero-order chi connectivity index (χ0) is 22.8. The third-order valence-electron chi connectivity index (χ3n) is 5.22. The number of anilines is 1. The third kappa shape index (κ3) is 5.02. The summed E-state index contributed by atoms with van der Waals surface area (Å²) in [4.78, 5) is 13.2.